The molecule has 0 aliphatic rings. The van der Waals surface area contributed by atoms with E-state index in [1.165, 1.54) is 12.3 Å². The van der Waals surface area contributed by atoms with Crippen LogP contribution in [-0.4, -0.2) is 5.91 Å². The molecular formula is C16H12BrClN4O. The molecule has 0 radical (unpaired) electrons. The summed E-state index contributed by atoms with van der Waals surface area (Å²) in [4.78, 5) is 12.1. The summed E-state index contributed by atoms with van der Waals surface area (Å²) in [5.41, 5.74) is 7.12. The van der Waals surface area contributed by atoms with E-state index in [0.29, 0.717) is 16.4 Å². The molecule has 1 amide bonds. The number of hydrogen-bond donors (Lipinski definition) is 3. The van der Waals surface area contributed by atoms with Crippen molar-refractivity contribution in [1.29, 1.82) is 5.26 Å². The number of halogens is 2. The van der Waals surface area contributed by atoms with Crippen LogP contribution >= 0.6 is 27.5 Å². The number of carbonyl (C=O) groups excluding carboxylic acids is 1. The van der Waals surface area contributed by atoms with Gasteiger partial charge in [-0.15, -0.1) is 0 Å². The zero-order valence-corrected chi connectivity index (χ0v) is 14.1. The Morgan fingerprint density at radius 3 is 2.74 bits per heavy atom. The summed E-state index contributed by atoms with van der Waals surface area (Å²) in [6.45, 7) is 0. The highest BCUT2D eigenvalue weighted by molar-refractivity contribution is 9.10. The lowest BCUT2D eigenvalue weighted by Gasteiger charge is -2.07. The molecule has 0 bridgehead atoms. The molecule has 7 heteroatoms. The molecule has 0 heterocycles. The van der Waals surface area contributed by atoms with Crippen molar-refractivity contribution in [3.63, 3.8) is 0 Å². The molecule has 0 unspecified atom stereocenters. The number of amides is 1. The third kappa shape index (κ3) is 4.74. The second-order valence-corrected chi connectivity index (χ2v) is 5.84. The van der Waals surface area contributed by atoms with Crippen LogP contribution in [0.4, 0.5) is 17.1 Å². The maximum atomic E-state index is 12.1. The normalized spacial score (nSPS) is 10.7. The first-order valence-corrected chi connectivity index (χ1v) is 7.65. The molecule has 0 aromatic heterocycles. The molecule has 5 nitrogen and oxygen atoms in total. The van der Waals surface area contributed by atoms with Crippen molar-refractivity contribution in [3.05, 3.63) is 63.7 Å². The van der Waals surface area contributed by atoms with Crippen LogP contribution in [0.2, 0.25) is 5.02 Å². The minimum Gasteiger partial charge on any atom is -0.399 e. The summed E-state index contributed by atoms with van der Waals surface area (Å²) in [6, 6.07) is 13.9. The Labute approximate surface area is 146 Å². The number of carbonyl (C=O) groups is 1. The molecular weight excluding hydrogens is 380 g/mol. The van der Waals surface area contributed by atoms with E-state index in [1.54, 1.807) is 12.1 Å². The summed E-state index contributed by atoms with van der Waals surface area (Å²) in [5, 5.41) is 14.9. The highest BCUT2D eigenvalue weighted by atomic mass is 79.9. The Kier molecular flexibility index (Phi) is 5.63. The van der Waals surface area contributed by atoms with Gasteiger partial charge in [0, 0.05) is 22.0 Å². The smallest absolute Gasteiger partial charge is 0.267 e. The molecule has 0 atom stereocenters. The Bertz CT molecular complexity index is 814. The zero-order valence-electron chi connectivity index (χ0n) is 11.8. The topological polar surface area (TPSA) is 90.9 Å². The first kappa shape index (κ1) is 16.9. The van der Waals surface area contributed by atoms with Gasteiger partial charge in [-0.3, -0.25) is 4.79 Å². The largest absolute Gasteiger partial charge is 0.399 e. The van der Waals surface area contributed by atoms with Crippen LogP contribution in [0.1, 0.15) is 0 Å². The summed E-state index contributed by atoms with van der Waals surface area (Å²) in [7, 11) is 0. The number of benzene rings is 2. The molecule has 0 aliphatic heterocycles. The van der Waals surface area contributed by atoms with Gasteiger partial charge in [-0.1, -0.05) is 33.6 Å². The Morgan fingerprint density at radius 2 is 2.09 bits per heavy atom. The number of nitriles is 1. The predicted octanol–water partition coefficient (Wildman–Crippen LogP) is 4.14. The number of hydrogen-bond acceptors (Lipinski definition) is 4. The van der Waals surface area contributed by atoms with Crippen LogP contribution in [0.25, 0.3) is 0 Å². The molecule has 0 aliphatic carbocycles. The summed E-state index contributed by atoms with van der Waals surface area (Å²) < 4.78 is 0.882. The number of nitrogens with two attached hydrogens (primary N) is 1. The van der Waals surface area contributed by atoms with Crippen molar-refractivity contribution in [3.8, 4) is 6.07 Å². The Morgan fingerprint density at radius 1 is 1.30 bits per heavy atom. The van der Waals surface area contributed by atoms with Crippen molar-refractivity contribution in [2.75, 3.05) is 16.4 Å². The van der Waals surface area contributed by atoms with Crippen LogP contribution in [0.15, 0.2) is 58.7 Å². The van der Waals surface area contributed by atoms with Gasteiger partial charge >= 0.3 is 0 Å². The van der Waals surface area contributed by atoms with Crippen molar-refractivity contribution < 1.29 is 4.79 Å². The van der Waals surface area contributed by atoms with Gasteiger partial charge in [0.25, 0.3) is 5.91 Å². The van der Waals surface area contributed by atoms with Gasteiger partial charge in [-0.05, 0) is 36.4 Å². The molecule has 2 aromatic carbocycles. The summed E-state index contributed by atoms with van der Waals surface area (Å²) in [5.74, 6) is -0.568. The zero-order chi connectivity index (χ0) is 16.8. The molecule has 23 heavy (non-hydrogen) atoms. The van der Waals surface area contributed by atoms with Crippen molar-refractivity contribution in [2.45, 2.75) is 0 Å². The van der Waals surface area contributed by atoms with E-state index in [9.17, 15) is 4.79 Å². The van der Waals surface area contributed by atoms with Gasteiger partial charge in [-0.25, -0.2) is 0 Å². The second kappa shape index (κ2) is 7.68. The maximum Gasteiger partial charge on any atom is 0.267 e. The highest BCUT2D eigenvalue weighted by Crippen LogP contribution is 2.24. The number of nitrogens with zero attached hydrogens (tertiary/aromatic N) is 1. The Hall–Kier alpha value is -2.49. The lowest BCUT2D eigenvalue weighted by molar-refractivity contribution is -0.112. The van der Waals surface area contributed by atoms with Gasteiger partial charge < -0.3 is 16.4 Å². The fourth-order valence-electron chi connectivity index (χ4n) is 1.70. The van der Waals surface area contributed by atoms with Gasteiger partial charge in [0.15, 0.2) is 0 Å². The Balaban J connectivity index is 2.12. The van der Waals surface area contributed by atoms with E-state index in [2.05, 4.69) is 26.6 Å². The molecule has 116 valence electrons. The van der Waals surface area contributed by atoms with Gasteiger partial charge in [0.1, 0.15) is 11.6 Å². The predicted molar refractivity (Wildman–Crippen MR) is 96.0 cm³/mol. The van der Waals surface area contributed by atoms with Crippen LogP contribution in [0, 0.1) is 11.3 Å². The van der Waals surface area contributed by atoms with Crippen LogP contribution < -0.4 is 16.4 Å². The van der Waals surface area contributed by atoms with E-state index >= 15 is 0 Å². The van der Waals surface area contributed by atoms with E-state index in [4.69, 9.17) is 22.6 Å². The first-order valence-electron chi connectivity index (χ1n) is 6.48. The van der Waals surface area contributed by atoms with E-state index in [-0.39, 0.29) is 5.57 Å². The monoisotopic (exact) mass is 390 g/mol. The SMILES string of the molecule is N#C/C(=C/Nc1cccc(Br)c1)C(=O)Nc1ccc(N)cc1Cl. The molecule has 0 spiro atoms. The number of nitrogen functional groups attached to an aromatic ring is 1. The molecule has 4 N–H and O–H groups in total. The second-order valence-electron chi connectivity index (χ2n) is 4.52. The average Bonchev–Trinajstić information content (AvgIpc) is 2.51. The molecule has 0 saturated heterocycles. The highest BCUT2D eigenvalue weighted by Gasteiger charge is 2.11. The maximum absolute atomic E-state index is 12.1. The minimum atomic E-state index is -0.568. The van der Waals surface area contributed by atoms with Crippen LogP contribution in [-0.2, 0) is 4.79 Å². The third-order valence-corrected chi connectivity index (χ3v) is 3.62. The quantitative estimate of drug-likeness (QED) is 0.415. The van der Waals surface area contributed by atoms with Crippen molar-refractivity contribution in [2.24, 2.45) is 0 Å². The number of anilines is 3. The lowest BCUT2D eigenvalue weighted by atomic mass is 10.2. The minimum absolute atomic E-state index is 0.0853. The van der Waals surface area contributed by atoms with Crippen molar-refractivity contribution in [1.82, 2.24) is 0 Å². The van der Waals surface area contributed by atoms with Gasteiger partial charge in [-0.2, -0.15) is 5.26 Å². The van der Waals surface area contributed by atoms with Gasteiger partial charge in [0.2, 0.25) is 0 Å². The number of nitrogens with one attached hydrogen (secondary N) is 2. The molecule has 2 aromatic rings. The lowest BCUT2D eigenvalue weighted by Crippen LogP contribution is -2.15. The fourth-order valence-corrected chi connectivity index (χ4v) is 2.34. The molecule has 0 saturated carbocycles. The van der Waals surface area contributed by atoms with E-state index in [0.717, 1.165) is 10.2 Å². The van der Waals surface area contributed by atoms with Gasteiger partial charge in [0.05, 0.1) is 10.7 Å². The first-order chi connectivity index (χ1) is 11.0. The standard InChI is InChI=1S/C16H12BrClN4O/c17-11-2-1-3-13(6-11)21-9-10(8-19)16(23)22-15-5-4-12(20)7-14(15)18/h1-7,9,21H,20H2,(H,22,23)/b10-9-. The number of rotatable bonds is 4. The van der Waals surface area contributed by atoms with E-state index in [1.807, 2.05) is 30.3 Å². The fraction of sp³-hybridized carbons (Fsp3) is 0. The molecule has 0 fully saturated rings. The third-order valence-electron chi connectivity index (χ3n) is 2.81. The summed E-state index contributed by atoms with van der Waals surface area (Å²) >= 11 is 9.34. The van der Waals surface area contributed by atoms with Crippen molar-refractivity contribution >= 4 is 50.5 Å². The van der Waals surface area contributed by atoms with Crippen LogP contribution in [0.3, 0.4) is 0 Å². The van der Waals surface area contributed by atoms with Crippen LogP contribution in [0.5, 0.6) is 0 Å². The molecule has 2 rings (SSSR count). The summed E-state index contributed by atoms with van der Waals surface area (Å²) in [6.07, 6.45) is 1.34. The van der Waals surface area contributed by atoms with E-state index < -0.39 is 5.91 Å². The average molecular weight is 392 g/mol.